The first kappa shape index (κ1) is 20.9. The summed E-state index contributed by atoms with van der Waals surface area (Å²) in [4.78, 5) is 27.6. The van der Waals surface area contributed by atoms with Crippen LogP contribution < -0.4 is 5.32 Å². The number of nitro benzene ring substituents is 1. The Bertz CT molecular complexity index is 1270. The number of hydrogen-bond acceptors (Lipinski definition) is 6. The third kappa shape index (κ3) is 4.24. The number of pyridine rings is 1. The molecule has 4 rings (SSSR count). The van der Waals surface area contributed by atoms with Gasteiger partial charge in [0.1, 0.15) is 5.82 Å². The second kappa shape index (κ2) is 8.06. The normalized spacial score (nSPS) is 11.3. The molecule has 0 radical (unpaired) electrons. The number of hydrogen-bond donors (Lipinski definition) is 1. The van der Waals surface area contributed by atoms with Crippen LogP contribution in [0.15, 0.2) is 67.0 Å². The number of nitrogens with one attached hydrogen (secondary N) is 1. The fraction of sp³-hybridized carbons (Fsp3) is 0.182. The third-order valence-electron chi connectivity index (χ3n) is 4.73. The highest BCUT2D eigenvalue weighted by Gasteiger charge is 2.22. The summed E-state index contributed by atoms with van der Waals surface area (Å²) in [7, 11) is 0. The molecule has 0 aliphatic heterocycles. The molecule has 10 heteroatoms. The van der Waals surface area contributed by atoms with Gasteiger partial charge in [0.15, 0.2) is 11.5 Å². The fourth-order valence-corrected chi connectivity index (χ4v) is 2.99. The molecule has 10 nitrogen and oxygen atoms in total. The lowest BCUT2D eigenvalue weighted by atomic mass is 9.92. The maximum atomic E-state index is 12.9. The summed E-state index contributed by atoms with van der Waals surface area (Å²) in [5, 5.41) is 22.6. The van der Waals surface area contributed by atoms with E-state index in [0.29, 0.717) is 17.3 Å². The summed E-state index contributed by atoms with van der Waals surface area (Å²) in [6.07, 6.45) is 3.28. The number of aromatic nitrogens is 5. The third-order valence-corrected chi connectivity index (χ3v) is 4.73. The SMILES string of the molecule is CC(C)(C)c1cc(NC(=O)c2ccn(-c3ccc([N+](=O)[O-])cc3)n2)n(-c2ccccn2)n1. The van der Waals surface area contributed by atoms with Gasteiger partial charge in [0.25, 0.3) is 11.6 Å². The highest BCUT2D eigenvalue weighted by atomic mass is 16.6. The topological polar surface area (TPSA) is 121 Å². The van der Waals surface area contributed by atoms with Crippen molar-refractivity contribution in [2.45, 2.75) is 26.2 Å². The average Bonchev–Trinajstić information content (AvgIpc) is 3.42. The number of amides is 1. The largest absolute Gasteiger partial charge is 0.305 e. The Morgan fingerprint density at radius 3 is 2.44 bits per heavy atom. The molecule has 0 atom stereocenters. The molecular weight excluding hydrogens is 410 g/mol. The van der Waals surface area contributed by atoms with Crippen LogP contribution in [0, 0.1) is 10.1 Å². The van der Waals surface area contributed by atoms with Gasteiger partial charge >= 0.3 is 0 Å². The van der Waals surface area contributed by atoms with Crippen molar-refractivity contribution < 1.29 is 9.72 Å². The Hall–Kier alpha value is -4.34. The average molecular weight is 431 g/mol. The van der Waals surface area contributed by atoms with E-state index < -0.39 is 10.8 Å². The van der Waals surface area contributed by atoms with Gasteiger partial charge in [0.2, 0.25) is 0 Å². The van der Waals surface area contributed by atoms with Crippen molar-refractivity contribution in [2.24, 2.45) is 0 Å². The van der Waals surface area contributed by atoms with E-state index in [4.69, 9.17) is 0 Å². The van der Waals surface area contributed by atoms with Crippen LogP contribution in [-0.2, 0) is 5.41 Å². The molecule has 3 heterocycles. The zero-order valence-electron chi connectivity index (χ0n) is 17.8. The molecule has 4 aromatic rings. The number of anilines is 1. The van der Waals surface area contributed by atoms with Crippen LogP contribution in [-0.4, -0.2) is 35.4 Å². The zero-order valence-corrected chi connectivity index (χ0v) is 17.8. The molecule has 1 N–H and O–H groups in total. The van der Waals surface area contributed by atoms with E-state index in [-0.39, 0.29) is 16.8 Å². The zero-order chi connectivity index (χ0) is 22.9. The number of benzene rings is 1. The van der Waals surface area contributed by atoms with Crippen molar-refractivity contribution in [1.82, 2.24) is 24.5 Å². The highest BCUT2D eigenvalue weighted by molar-refractivity contribution is 6.02. The van der Waals surface area contributed by atoms with Gasteiger partial charge in [-0.3, -0.25) is 14.9 Å². The predicted octanol–water partition coefficient (Wildman–Crippen LogP) is 3.91. The maximum absolute atomic E-state index is 12.9. The van der Waals surface area contributed by atoms with Crippen molar-refractivity contribution in [2.75, 3.05) is 5.32 Å². The molecule has 0 fully saturated rings. The van der Waals surface area contributed by atoms with Crippen LogP contribution in [0.5, 0.6) is 0 Å². The molecule has 0 saturated carbocycles. The minimum atomic E-state index is -0.470. The molecule has 1 amide bonds. The van der Waals surface area contributed by atoms with Crippen molar-refractivity contribution in [3.63, 3.8) is 0 Å². The Labute approximate surface area is 183 Å². The Morgan fingerprint density at radius 1 is 1.06 bits per heavy atom. The van der Waals surface area contributed by atoms with E-state index in [0.717, 1.165) is 5.69 Å². The molecule has 0 aliphatic rings. The first-order chi connectivity index (χ1) is 15.2. The summed E-state index contributed by atoms with van der Waals surface area (Å²) < 4.78 is 3.07. The number of carbonyl (C=O) groups is 1. The molecular formula is C22H21N7O3. The minimum absolute atomic E-state index is 0.0173. The van der Waals surface area contributed by atoms with E-state index in [9.17, 15) is 14.9 Å². The molecule has 32 heavy (non-hydrogen) atoms. The van der Waals surface area contributed by atoms with Gasteiger partial charge in [-0.2, -0.15) is 14.9 Å². The van der Waals surface area contributed by atoms with E-state index in [1.165, 1.54) is 16.8 Å². The van der Waals surface area contributed by atoms with Crippen molar-refractivity contribution in [3.05, 3.63) is 88.5 Å². The number of nitrogens with zero attached hydrogens (tertiary/aromatic N) is 6. The summed E-state index contributed by atoms with van der Waals surface area (Å²) >= 11 is 0. The molecule has 0 bridgehead atoms. The predicted molar refractivity (Wildman–Crippen MR) is 118 cm³/mol. The molecule has 0 aliphatic carbocycles. The number of carbonyl (C=O) groups excluding carboxylic acids is 1. The standard InChI is InChI=1S/C22H21N7O3/c1-22(2,3)18-14-20(28(26-18)19-6-4-5-12-23-19)24-21(30)17-11-13-27(25-17)15-7-9-16(10-8-15)29(31)32/h4-14H,1-3H3,(H,24,30). The van der Waals surface area contributed by atoms with E-state index in [1.54, 1.807) is 47.4 Å². The summed E-state index contributed by atoms with van der Waals surface area (Å²) in [6.45, 7) is 6.11. The van der Waals surface area contributed by atoms with Gasteiger partial charge in [-0.05, 0) is 30.3 Å². The van der Waals surface area contributed by atoms with Gasteiger partial charge < -0.3 is 5.32 Å². The number of nitro groups is 1. The number of non-ortho nitro benzene ring substituents is 1. The monoisotopic (exact) mass is 431 g/mol. The van der Waals surface area contributed by atoms with E-state index in [2.05, 4.69) is 20.5 Å². The van der Waals surface area contributed by atoms with Gasteiger partial charge in [-0.15, -0.1) is 0 Å². The highest BCUT2D eigenvalue weighted by Crippen LogP contribution is 2.26. The Morgan fingerprint density at radius 2 is 1.81 bits per heavy atom. The summed E-state index contributed by atoms with van der Waals surface area (Å²) in [5.74, 6) is 0.640. The van der Waals surface area contributed by atoms with Crippen LogP contribution in [0.4, 0.5) is 11.5 Å². The van der Waals surface area contributed by atoms with Crippen molar-refractivity contribution >= 4 is 17.4 Å². The Balaban J connectivity index is 1.61. The lowest BCUT2D eigenvalue weighted by Crippen LogP contribution is -2.16. The summed E-state index contributed by atoms with van der Waals surface area (Å²) in [5.41, 5.74) is 1.35. The first-order valence-electron chi connectivity index (χ1n) is 9.86. The first-order valence-corrected chi connectivity index (χ1v) is 9.86. The van der Waals surface area contributed by atoms with Crippen molar-refractivity contribution in [1.29, 1.82) is 0 Å². The van der Waals surface area contributed by atoms with Crippen LogP contribution in [0.25, 0.3) is 11.5 Å². The number of rotatable bonds is 5. The maximum Gasteiger partial charge on any atom is 0.277 e. The molecule has 1 aromatic carbocycles. The van der Waals surface area contributed by atoms with E-state index in [1.807, 2.05) is 32.9 Å². The smallest absolute Gasteiger partial charge is 0.277 e. The van der Waals surface area contributed by atoms with Gasteiger partial charge in [0, 0.05) is 36.0 Å². The van der Waals surface area contributed by atoms with Crippen molar-refractivity contribution in [3.8, 4) is 11.5 Å². The second-order valence-corrected chi connectivity index (χ2v) is 8.14. The Kier molecular flexibility index (Phi) is 5.27. The van der Waals surface area contributed by atoms with Gasteiger partial charge in [-0.25, -0.2) is 9.67 Å². The fourth-order valence-electron chi connectivity index (χ4n) is 2.99. The van der Waals surface area contributed by atoms with Crippen LogP contribution in [0.2, 0.25) is 0 Å². The van der Waals surface area contributed by atoms with Crippen LogP contribution >= 0.6 is 0 Å². The lowest BCUT2D eigenvalue weighted by Gasteiger charge is -2.13. The second-order valence-electron chi connectivity index (χ2n) is 8.14. The molecule has 162 valence electrons. The molecule has 0 unspecified atom stereocenters. The van der Waals surface area contributed by atoms with Gasteiger partial charge in [0.05, 0.1) is 16.3 Å². The van der Waals surface area contributed by atoms with Crippen LogP contribution in [0.3, 0.4) is 0 Å². The summed E-state index contributed by atoms with van der Waals surface area (Å²) in [6, 6.07) is 14.8. The minimum Gasteiger partial charge on any atom is -0.305 e. The molecule has 3 aromatic heterocycles. The van der Waals surface area contributed by atoms with Crippen LogP contribution in [0.1, 0.15) is 37.0 Å². The lowest BCUT2D eigenvalue weighted by molar-refractivity contribution is -0.384. The molecule has 0 spiro atoms. The van der Waals surface area contributed by atoms with E-state index >= 15 is 0 Å². The van der Waals surface area contributed by atoms with Gasteiger partial charge in [-0.1, -0.05) is 26.8 Å². The quantitative estimate of drug-likeness (QED) is 0.378. The molecule has 0 saturated heterocycles.